The minimum Gasteiger partial charge on any atom is -0.448 e. The van der Waals surface area contributed by atoms with Gasteiger partial charge in [0.2, 0.25) is 0 Å². The Hall–Kier alpha value is -1.71. The van der Waals surface area contributed by atoms with E-state index < -0.39 is 23.9 Å². The highest BCUT2D eigenvalue weighted by Crippen LogP contribution is 2.24. The zero-order valence-electron chi connectivity index (χ0n) is 11.3. The fraction of sp³-hybridized carbons (Fsp3) is 0.154. The number of anilines is 1. The number of nitrogens with two attached hydrogens (primary N) is 1. The average molecular weight is 403 g/mol. The fourth-order valence-corrected chi connectivity index (χ4v) is 3.57. The quantitative estimate of drug-likeness (QED) is 0.750. The number of nitrogens with one attached hydrogen (secondary N) is 1. The third kappa shape index (κ3) is 3.93. The van der Waals surface area contributed by atoms with E-state index in [2.05, 4.69) is 21.2 Å². The Bertz CT molecular complexity index is 725. The van der Waals surface area contributed by atoms with E-state index in [9.17, 15) is 14.4 Å². The molecule has 0 saturated carbocycles. The second kappa shape index (κ2) is 7.03. The van der Waals surface area contributed by atoms with Crippen molar-refractivity contribution >= 4 is 61.4 Å². The van der Waals surface area contributed by atoms with Crippen molar-refractivity contribution in [2.75, 3.05) is 5.32 Å². The van der Waals surface area contributed by atoms with E-state index in [1.165, 1.54) is 24.3 Å². The molecule has 3 N–H and O–H groups in total. The first kappa shape index (κ1) is 16.7. The lowest BCUT2D eigenvalue weighted by molar-refractivity contribution is -0.123. The van der Waals surface area contributed by atoms with Gasteiger partial charge in [0.15, 0.2) is 6.10 Å². The second-order valence-electron chi connectivity index (χ2n) is 4.17. The maximum absolute atomic E-state index is 12.0. The first-order chi connectivity index (χ1) is 10.4. The molecule has 0 radical (unpaired) electrons. The summed E-state index contributed by atoms with van der Waals surface area (Å²) in [5, 5.41) is 4.50. The number of hydrogen-bond acceptors (Lipinski definition) is 6. The molecule has 0 aromatic carbocycles. The standard InChI is InChI=1S/C13H11BrN2O4S2/c1-6(20-13(19)8-2-3-9(14)22-8)11(18)16-12-7(10(15)17)4-5-21-12/h2-6H,1H3,(H2,15,17)(H,16,18)/t6-/m1/s1. The van der Waals surface area contributed by atoms with Gasteiger partial charge in [0.25, 0.3) is 11.8 Å². The van der Waals surface area contributed by atoms with E-state index in [0.717, 1.165) is 15.1 Å². The molecular weight excluding hydrogens is 392 g/mol. The number of thiophene rings is 2. The summed E-state index contributed by atoms with van der Waals surface area (Å²) in [6.45, 7) is 1.45. The van der Waals surface area contributed by atoms with Crippen molar-refractivity contribution in [3.05, 3.63) is 37.8 Å². The van der Waals surface area contributed by atoms with Crippen molar-refractivity contribution in [2.45, 2.75) is 13.0 Å². The monoisotopic (exact) mass is 402 g/mol. The second-order valence-corrected chi connectivity index (χ2v) is 7.55. The smallest absolute Gasteiger partial charge is 0.349 e. The van der Waals surface area contributed by atoms with Crippen molar-refractivity contribution in [1.29, 1.82) is 0 Å². The summed E-state index contributed by atoms with van der Waals surface area (Å²) in [5.74, 6) is -1.75. The third-order valence-corrected chi connectivity index (χ3v) is 5.03. The zero-order chi connectivity index (χ0) is 16.3. The molecule has 0 unspecified atom stereocenters. The maximum Gasteiger partial charge on any atom is 0.349 e. The predicted molar refractivity (Wildman–Crippen MR) is 88.4 cm³/mol. The molecule has 22 heavy (non-hydrogen) atoms. The van der Waals surface area contributed by atoms with Crippen LogP contribution in [0, 0.1) is 0 Å². The summed E-state index contributed by atoms with van der Waals surface area (Å²) in [4.78, 5) is 35.5. The van der Waals surface area contributed by atoms with Gasteiger partial charge in [-0.25, -0.2) is 4.79 Å². The van der Waals surface area contributed by atoms with Gasteiger partial charge in [-0.3, -0.25) is 9.59 Å². The van der Waals surface area contributed by atoms with Gasteiger partial charge in [-0.1, -0.05) is 0 Å². The van der Waals surface area contributed by atoms with Gasteiger partial charge in [0, 0.05) is 0 Å². The molecule has 2 aromatic heterocycles. The van der Waals surface area contributed by atoms with Crippen LogP contribution < -0.4 is 11.1 Å². The van der Waals surface area contributed by atoms with Gasteiger partial charge >= 0.3 is 5.97 Å². The molecule has 9 heteroatoms. The molecule has 2 aromatic rings. The molecule has 2 amide bonds. The molecule has 1 atom stereocenters. The van der Waals surface area contributed by atoms with Gasteiger partial charge in [-0.2, -0.15) is 0 Å². The summed E-state index contributed by atoms with van der Waals surface area (Å²) in [6, 6.07) is 4.84. The van der Waals surface area contributed by atoms with Crippen LogP contribution in [0.3, 0.4) is 0 Å². The van der Waals surface area contributed by atoms with Gasteiger partial charge < -0.3 is 15.8 Å². The molecule has 116 valence electrons. The minimum absolute atomic E-state index is 0.221. The topological polar surface area (TPSA) is 98.5 Å². The molecule has 2 heterocycles. The Morgan fingerprint density at radius 1 is 1.32 bits per heavy atom. The van der Waals surface area contributed by atoms with E-state index >= 15 is 0 Å². The van der Waals surface area contributed by atoms with Crippen LogP contribution in [0.15, 0.2) is 27.4 Å². The van der Waals surface area contributed by atoms with E-state index in [1.54, 1.807) is 17.5 Å². The molecule has 0 aliphatic heterocycles. The highest BCUT2D eigenvalue weighted by molar-refractivity contribution is 9.11. The van der Waals surface area contributed by atoms with Crippen LogP contribution in [0.2, 0.25) is 0 Å². The van der Waals surface area contributed by atoms with Crippen LogP contribution in [0.1, 0.15) is 27.0 Å². The minimum atomic E-state index is -1.00. The lowest BCUT2D eigenvalue weighted by atomic mass is 10.3. The summed E-state index contributed by atoms with van der Waals surface area (Å²) in [6.07, 6.45) is -1.00. The molecular formula is C13H11BrN2O4S2. The Balaban J connectivity index is 1.99. The normalized spacial score (nSPS) is 11.7. The van der Waals surface area contributed by atoms with Crippen molar-refractivity contribution in [2.24, 2.45) is 5.73 Å². The van der Waals surface area contributed by atoms with E-state index in [-0.39, 0.29) is 5.56 Å². The van der Waals surface area contributed by atoms with Crippen molar-refractivity contribution in [1.82, 2.24) is 0 Å². The van der Waals surface area contributed by atoms with Crippen LogP contribution >= 0.6 is 38.6 Å². The van der Waals surface area contributed by atoms with Crippen LogP contribution in [-0.2, 0) is 9.53 Å². The fourth-order valence-electron chi connectivity index (χ4n) is 1.51. The Morgan fingerprint density at radius 2 is 2.05 bits per heavy atom. The average Bonchev–Trinajstić information content (AvgIpc) is 3.07. The maximum atomic E-state index is 12.0. The molecule has 0 saturated heterocycles. The highest BCUT2D eigenvalue weighted by Gasteiger charge is 2.22. The number of carbonyl (C=O) groups excluding carboxylic acids is 3. The molecule has 0 bridgehead atoms. The molecule has 6 nitrogen and oxygen atoms in total. The Morgan fingerprint density at radius 3 is 2.64 bits per heavy atom. The lowest BCUT2D eigenvalue weighted by Crippen LogP contribution is -2.30. The SMILES string of the molecule is C[C@@H](OC(=O)c1ccc(Br)s1)C(=O)Nc1sccc1C(N)=O. The Labute approximate surface area is 142 Å². The first-order valence-corrected chi connectivity index (χ1v) is 8.52. The first-order valence-electron chi connectivity index (χ1n) is 6.03. The van der Waals surface area contributed by atoms with Gasteiger partial charge in [0.05, 0.1) is 9.35 Å². The number of amides is 2. The van der Waals surface area contributed by atoms with Crippen LogP contribution in [-0.4, -0.2) is 23.9 Å². The summed E-state index contributed by atoms with van der Waals surface area (Å²) in [7, 11) is 0. The van der Waals surface area contributed by atoms with Crippen molar-refractivity contribution < 1.29 is 19.1 Å². The number of esters is 1. The zero-order valence-corrected chi connectivity index (χ0v) is 14.5. The van der Waals surface area contributed by atoms with Crippen molar-refractivity contribution in [3.8, 4) is 0 Å². The summed E-state index contributed by atoms with van der Waals surface area (Å²) in [5.41, 5.74) is 5.42. The van der Waals surface area contributed by atoms with Crippen LogP contribution in [0.4, 0.5) is 5.00 Å². The lowest BCUT2D eigenvalue weighted by Gasteiger charge is -2.12. The highest BCUT2D eigenvalue weighted by atomic mass is 79.9. The number of rotatable bonds is 5. The summed E-state index contributed by atoms with van der Waals surface area (Å²) >= 11 is 5.62. The summed E-state index contributed by atoms with van der Waals surface area (Å²) < 4.78 is 5.88. The largest absolute Gasteiger partial charge is 0.448 e. The van der Waals surface area contributed by atoms with Gasteiger partial charge in [0.1, 0.15) is 9.88 Å². The number of primary amides is 1. The van der Waals surface area contributed by atoms with Crippen molar-refractivity contribution in [3.63, 3.8) is 0 Å². The molecule has 0 spiro atoms. The molecule has 2 rings (SSSR count). The molecule has 0 fully saturated rings. The number of hydrogen-bond donors (Lipinski definition) is 2. The third-order valence-electron chi connectivity index (χ3n) is 2.59. The Kier molecular flexibility index (Phi) is 5.33. The number of halogens is 1. The molecule has 0 aliphatic carbocycles. The number of carbonyl (C=O) groups is 3. The number of ether oxygens (including phenoxy) is 1. The predicted octanol–water partition coefficient (Wildman–Crippen LogP) is 2.86. The van der Waals surface area contributed by atoms with Gasteiger partial charge in [-0.15, -0.1) is 22.7 Å². The van der Waals surface area contributed by atoms with Gasteiger partial charge in [-0.05, 0) is 46.4 Å². The van der Waals surface area contributed by atoms with E-state index in [4.69, 9.17) is 10.5 Å². The van der Waals surface area contributed by atoms with Crippen LogP contribution in [0.5, 0.6) is 0 Å². The van der Waals surface area contributed by atoms with E-state index in [0.29, 0.717) is 9.88 Å². The molecule has 0 aliphatic rings. The van der Waals surface area contributed by atoms with Crippen LogP contribution in [0.25, 0.3) is 0 Å². The van der Waals surface area contributed by atoms with E-state index in [1.807, 2.05) is 0 Å².